The van der Waals surface area contributed by atoms with Crippen LogP contribution in [0.3, 0.4) is 0 Å². The van der Waals surface area contributed by atoms with Gasteiger partial charge in [0.1, 0.15) is 0 Å². The van der Waals surface area contributed by atoms with Crippen LogP contribution >= 0.6 is 11.3 Å². The minimum Gasteiger partial charge on any atom is -0.379 e. The molecule has 2 fully saturated rings. The quantitative estimate of drug-likeness (QED) is 0.375. The highest BCUT2D eigenvalue weighted by molar-refractivity contribution is 7.10. The molecule has 7 heteroatoms. The van der Waals surface area contributed by atoms with Crippen LogP contribution in [0, 0.1) is 5.92 Å². The second kappa shape index (κ2) is 11.0. The molecule has 0 bridgehead atoms. The van der Waals surface area contributed by atoms with Gasteiger partial charge in [-0.05, 0) is 37.1 Å². The molecule has 1 atom stereocenters. The zero-order valence-corrected chi connectivity index (χ0v) is 17.5. The van der Waals surface area contributed by atoms with Gasteiger partial charge in [0.25, 0.3) is 0 Å². The van der Waals surface area contributed by atoms with E-state index in [1.54, 1.807) is 0 Å². The number of morpholine rings is 1. The summed E-state index contributed by atoms with van der Waals surface area (Å²) in [5, 5.41) is 5.58. The van der Waals surface area contributed by atoms with Gasteiger partial charge in [0.15, 0.2) is 5.96 Å². The second-order valence-corrected chi connectivity index (χ2v) is 8.29. The zero-order chi connectivity index (χ0) is 18.9. The van der Waals surface area contributed by atoms with Crippen LogP contribution in [0.15, 0.2) is 22.5 Å². The monoisotopic (exact) mass is 394 g/mol. The molecule has 1 aromatic heterocycles. The number of hydrogen-bond donors (Lipinski definition) is 1. The zero-order valence-electron chi connectivity index (χ0n) is 16.7. The Morgan fingerprint density at radius 2 is 2.26 bits per heavy atom. The number of aliphatic imine (C=N–C) groups is 1. The van der Waals surface area contributed by atoms with Crippen molar-refractivity contribution in [1.82, 2.24) is 15.1 Å². The van der Waals surface area contributed by atoms with Gasteiger partial charge in [-0.3, -0.25) is 9.89 Å². The third-order valence-electron chi connectivity index (χ3n) is 5.09. The van der Waals surface area contributed by atoms with Crippen LogP contribution in [0.4, 0.5) is 0 Å². The summed E-state index contributed by atoms with van der Waals surface area (Å²) in [6.45, 7) is 9.84. The van der Waals surface area contributed by atoms with Crippen molar-refractivity contribution in [3.8, 4) is 0 Å². The van der Waals surface area contributed by atoms with E-state index in [-0.39, 0.29) is 0 Å². The lowest BCUT2D eigenvalue weighted by Gasteiger charge is -2.33. The second-order valence-electron chi connectivity index (χ2n) is 7.31. The Kier molecular flexibility index (Phi) is 8.38. The molecule has 0 spiro atoms. The smallest absolute Gasteiger partial charge is 0.193 e. The van der Waals surface area contributed by atoms with Gasteiger partial charge in [-0.1, -0.05) is 6.07 Å². The predicted molar refractivity (Wildman–Crippen MR) is 112 cm³/mol. The summed E-state index contributed by atoms with van der Waals surface area (Å²) >= 11 is 1.82. The Hall–Kier alpha value is -1.15. The minimum atomic E-state index is 0.321. The van der Waals surface area contributed by atoms with Gasteiger partial charge in [-0.15, -0.1) is 11.3 Å². The molecule has 3 rings (SSSR count). The number of ether oxygens (including phenoxy) is 2. The highest BCUT2D eigenvalue weighted by atomic mass is 32.1. The van der Waals surface area contributed by atoms with E-state index >= 15 is 0 Å². The highest BCUT2D eigenvalue weighted by Crippen LogP contribution is 2.28. The Labute approximate surface area is 167 Å². The first-order chi connectivity index (χ1) is 13.3. The lowest BCUT2D eigenvalue weighted by Crippen LogP contribution is -2.42. The molecular weight excluding hydrogens is 360 g/mol. The molecule has 1 aliphatic carbocycles. The molecule has 2 aliphatic rings. The first kappa shape index (κ1) is 20.6. The summed E-state index contributed by atoms with van der Waals surface area (Å²) in [5.74, 6) is 1.78. The Balaban J connectivity index is 1.57. The third-order valence-corrected chi connectivity index (χ3v) is 6.06. The molecular formula is C20H34N4O2S. The maximum absolute atomic E-state index is 5.79. The van der Waals surface area contributed by atoms with E-state index in [0.717, 1.165) is 71.0 Å². The van der Waals surface area contributed by atoms with E-state index in [1.807, 2.05) is 11.3 Å². The van der Waals surface area contributed by atoms with Gasteiger partial charge in [0.05, 0.1) is 32.4 Å². The highest BCUT2D eigenvalue weighted by Gasteiger charge is 2.24. The van der Waals surface area contributed by atoms with E-state index in [2.05, 4.69) is 46.6 Å². The fourth-order valence-electron chi connectivity index (χ4n) is 3.24. The summed E-state index contributed by atoms with van der Waals surface area (Å²) in [6, 6.07) is 4.68. The van der Waals surface area contributed by atoms with E-state index in [1.165, 1.54) is 17.7 Å². The van der Waals surface area contributed by atoms with E-state index in [0.29, 0.717) is 6.04 Å². The summed E-state index contributed by atoms with van der Waals surface area (Å²) in [4.78, 5) is 11.0. The summed E-state index contributed by atoms with van der Waals surface area (Å²) in [6.07, 6.45) is 2.68. The Morgan fingerprint density at radius 3 is 2.93 bits per heavy atom. The van der Waals surface area contributed by atoms with Crippen LogP contribution in [-0.2, 0) is 9.47 Å². The molecule has 2 heterocycles. The fraction of sp³-hybridized carbons (Fsp3) is 0.750. The van der Waals surface area contributed by atoms with Crippen LogP contribution in [0.2, 0.25) is 0 Å². The van der Waals surface area contributed by atoms with E-state index < -0.39 is 0 Å². The molecule has 1 N–H and O–H groups in total. The number of hydrogen-bond acceptors (Lipinski definition) is 5. The lowest BCUT2D eigenvalue weighted by atomic mass is 10.2. The number of nitrogens with one attached hydrogen (secondary N) is 1. The van der Waals surface area contributed by atoms with Gasteiger partial charge in [0.2, 0.25) is 0 Å². The SMILES string of the molecule is CCNC(=NCC(c1cccs1)N1CCOCC1)N(C)CCOCC1CC1. The van der Waals surface area contributed by atoms with Crippen LogP contribution in [-0.4, -0.2) is 82.0 Å². The standard InChI is InChI=1S/C20H34N4O2S/c1-3-21-20(23(2)8-11-26-16-17-6-7-17)22-15-18(19-5-4-14-27-19)24-9-12-25-13-10-24/h4-5,14,17-18H,3,6-13,15-16H2,1-2H3,(H,21,22). The lowest BCUT2D eigenvalue weighted by molar-refractivity contribution is 0.0186. The topological polar surface area (TPSA) is 49.3 Å². The van der Waals surface area contributed by atoms with Gasteiger partial charge < -0.3 is 19.7 Å². The number of thiophene rings is 1. The van der Waals surface area contributed by atoms with Crippen LogP contribution in [0.1, 0.15) is 30.7 Å². The van der Waals surface area contributed by atoms with Gasteiger partial charge in [-0.2, -0.15) is 0 Å². The molecule has 152 valence electrons. The fourth-order valence-corrected chi connectivity index (χ4v) is 4.09. The molecule has 0 radical (unpaired) electrons. The first-order valence-electron chi connectivity index (χ1n) is 10.2. The molecule has 1 saturated carbocycles. The van der Waals surface area contributed by atoms with Crippen LogP contribution in [0.25, 0.3) is 0 Å². The molecule has 1 unspecified atom stereocenters. The van der Waals surface area contributed by atoms with Crippen molar-refractivity contribution >= 4 is 17.3 Å². The third kappa shape index (κ3) is 6.75. The average molecular weight is 395 g/mol. The largest absolute Gasteiger partial charge is 0.379 e. The van der Waals surface area contributed by atoms with Gasteiger partial charge in [-0.25, -0.2) is 0 Å². The molecule has 1 aliphatic heterocycles. The average Bonchev–Trinajstić information content (AvgIpc) is 3.37. The molecule has 1 saturated heterocycles. The summed E-state index contributed by atoms with van der Waals surface area (Å²) < 4.78 is 11.3. The van der Waals surface area contributed by atoms with Crippen LogP contribution < -0.4 is 5.32 Å². The molecule has 1 aromatic rings. The minimum absolute atomic E-state index is 0.321. The van der Waals surface area contributed by atoms with Crippen molar-refractivity contribution in [2.75, 3.05) is 66.2 Å². The van der Waals surface area contributed by atoms with Crippen molar-refractivity contribution in [1.29, 1.82) is 0 Å². The van der Waals surface area contributed by atoms with Crippen molar-refractivity contribution in [3.63, 3.8) is 0 Å². The maximum Gasteiger partial charge on any atom is 0.193 e. The first-order valence-corrected chi connectivity index (χ1v) is 11.1. The summed E-state index contributed by atoms with van der Waals surface area (Å²) in [5.41, 5.74) is 0. The molecule has 27 heavy (non-hydrogen) atoms. The van der Waals surface area contributed by atoms with Crippen molar-refractivity contribution in [2.45, 2.75) is 25.8 Å². The molecule has 0 amide bonds. The van der Waals surface area contributed by atoms with Crippen molar-refractivity contribution in [3.05, 3.63) is 22.4 Å². The number of guanidine groups is 1. The molecule has 0 aromatic carbocycles. The maximum atomic E-state index is 5.79. The summed E-state index contributed by atoms with van der Waals surface area (Å²) in [7, 11) is 2.09. The normalized spacial score (nSPS) is 19.9. The van der Waals surface area contributed by atoms with E-state index in [9.17, 15) is 0 Å². The Bertz CT molecular complexity index is 556. The Morgan fingerprint density at radius 1 is 1.44 bits per heavy atom. The van der Waals surface area contributed by atoms with E-state index in [4.69, 9.17) is 14.5 Å². The molecule has 6 nitrogen and oxygen atoms in total. The predicted octanol–water partition coefficient (Wildman–Crippen LogP) is 2.45. The number of rotatable bonds is 10. The van der Waals surface area contributed by atoms with Crippen molar-refractivity contribution < 1.29 is 9.47 Å². The van der Waals surface area contributed by atoms with Crippen LogP contribution in [0.5, 0.6) is 0 Å². The van der Waals surface area contributed by atoms with Gasteiger partial charge in [0, 0.05) is 44.7 Å². The number of likely N-dealkylation sites (N-methyl/N-ethyl adjacent to an activating group) is 1. The van der Waals surface area contributed by atoms with Crippen molar-refractivity contribution in [2.24, 2.45) is 10.9 Å². The number of nitrogens with zero attached hydrogens (tertiary/aromatic N) is 3. The van der Waals surface area contributed by atoms with Gasteiger partial charge >= 0.3 is 0 Å².